The lowest BCUT2D eigenvalue weighted by Crippen LogP contribution is -2.45. The molecule has 0 radical (unpaired) electrons. The second kappa shape index (κ2) is 5.32. The Labute approximate surface area is 101 Å². The van der Waals surface area contributed by atoms with Crippen molar-refractivity contribution in [2.45, 2.75) is 58.9 Å². The molecule has 0 amide bonds. The second-order valence-electron chi connectivity index (χ2n) is 5.90. The summed E-state index contributed by atoms with van der Waals surface area (Å²) in [5, 5.41) is 0.164. The van der Waals surface area contributed by atoms with E-state index in [1.165, 1.54) is 7.11 Å². The first-order valence-corrected chi connectivity index (χ1v) is 8.69. The van der Waals surface area contributed by atoms with Crippen LogP contribution in [-0.4, -0.2) is 27.5 Å². The van der Waals surface area contributed by atoms with Crippen LogP contribution in [0.25, 0.3) is 0 Å². The minimum Gasteiger partial charge on any atom is -0.469 e. The summed E-state index contributed by atoms with van der Waals surface area (Å²) in [6.07, 6.45) is -0.0895. The number of rotatable bonds is 4. The normalized spacial score (nSPS) is 16.8. The molecule has 0 aromatic rings. The predicted octanol–water partition coefficient (Wildman–Crippen LogP) is 3.21. The third-order valence-corrected chi connectivity index (χ3v) is 8.14. The van der Waals surface area contributed by atoms with E-state index in [4.69, 9.17) is 9.16 Å². The Morgan fingerprint density at radius 2 is 1.62 bits per heavy atom. The number of carbonyl (C=O) groups excluding carboxylic acids is 1. The van der Waals surface area contributed by atoms with Crippen molar-refractivity contribution in [2.24, 2.45) is 5.92 Å². The molecule has 0 heterocycles. The molecule has 0 saturated heterocycles. The molecule has 0 N–H and O–H groups in total. The van der Waals surface area contributed by atoms with Crippen LogP contribution in [0.3, 0.4) is 0 Å². The summed E-state index contributed by atoms with van der Waals surface area (Å²) < 4.78 is 10.9. The van der Waals surface area contributed by atoms with E-state index in [0.717, 1.165) is 0 Å². The maximum Gasteiger partial charge on any atom is 0.310 e. The average molecular weight is 246 g/mol. The van der Waals surface area contributed by atoms with Crippen LogP contribution in [0.5, 0.6) is 0 Å². The zero-order valence-corrected chi connectivity index (χ0v) is 12.9. The maximum absolute atomic E-state index is 11.4. The fourth-order valence-corrected chi connectivity index (χ4v) is 2.61. The molecule has 0 aromatic carbocycles. The van der Waals surface area contributed by atoms with Crippen LogP contribution in [0.1, 0.15) is 34.6 Å². The molecule has 0 rings (SSSR count). The lowest BCUT2D eigenvalue weighted by atomic mass is 10.1. The van der Waals surface area contributed by atoms with E-state index in [0.29, 0.717) is 0 Å². The minimum absolute atomic E-state index is 0.0895. The van der Waals surface area contributed by atoms with Crippen molar-refractivity contribution >= 4 is 14.3 Å². The molecular weight excluding hydrogens is 220 g/mol. The molecule has 2 atom stereocenters. The van der Waals surface area contributed by atoms with Crippen LogP contribution >= 0.6 is 0 Å². The zero-order valence-electron chi connectivity index (χ0n) is 11.9. The van der Waals surface area contributed by atoms with Crippen molar-refractivity contribution in [1.82, 2.24) is 0 Å². The summed E-state index contributed by atoms with van der Waals surface area (Å²) in [5.41, 5.74) is 0. The van der Waals surface area contributed by atoms with E-state index in [2.05, 4.69) is 33.9 Å². The van der Waals surface area contributed by atoms with Crippen LogP contribution in [0.2, 0.25) is 18.1 Å². The highest BCUT2D eigenvalue weighted by Crippen LogP contribution is 2.38. The Morgan fingerprint density at radius 3 is 1.94 bits per heavy atom. The summed E-state index contributed by atoms with van der Waals surface area (Å²) >= 11 is 0. The Hall–Kier alpha value is -0.353. The molecule has 0 bridgehead atoms. The van der Waals surface area contributed by atoms with Crippen LogP contribution in [0.4, 0.5) is 0 Å². The number of ether oxygens (including phenoxy) is 1. The largest absolute Gasteiger partial charge is 0.469 e. The molecule has 4 heteroatoms. The Kier molecular flexibility index (Phi) is 5.20. The van der Waals surface area contributed by atoms with Crippen molar-refractivity contribution in [3.8, 4) is 0 Å². The summed E-state index contributed by atoms with van der Waals surface area (Å²) in [4.78, 5) is 11.4. The summed E-state index contributed by atoms with van der Waals surface area (Å²) in [6, 6.07) is 0. The molecule has 0 saturated carbocycles. The molecule has 16 heavy (non-hydrogen) atoms. The zero-order chi connectivity index (χ0) is 13.1. The SMILES string of the molecule is COC(=O)[C@@H](C)[C@@H](C)O[Si](C)(C)C(C)(C)C. The molecule has 0 unspecified atom stereocenters. The molecule has 96 valence electrons. The van der Waals surface area contributed by atoms with Gasteiger partial charge < -0.3 is 9.16 Å². The molecule has 0 fully saturated rings. The molecule has 0 aliphatic rings. The lowest BCUT2D eigenvalue weighted by molar-refractivity contribution is -0.147. The van der Waals surface area contributed by atoms with Crippen molar-refractivity contribution in [3.63, 3.8) is 0 Å². The van der Waals surface area contributed by atoms with Crippen molar-refractivity contribution in [1.29, 1.82) is 0 Å². The van der Waals surface area contributed by atoms with Gasteiger partial charge in [0, 0.05) is 0 Å². The Bertz CT molecular complexity index is 243. The van der Waals surface area contributed by atoms with E-state index in [1.54, 1.807) is 0 Å². The van der Waals surface area contributed by atoms with E-state index in [1.807, 2.05) is 13.8 Å². The van der Waals surface area contributed by atoms with Gasteiger partial charge in [-0.2, -0.15) is 0 Å². The van der Waals surface area contributed by atoms with Gasteiger partial charge in [-0.1, -0.05) is 20.8 Å². The van der Waals surface area contributed by atoms with Gasteiger partial charge in [-0.15, -0.1) is 0 Å². The van der Waals surface area contributed by atoms with Gasteiger partial charge in [-0.05, 0) is 32.0 Å². The topological polar surface area (TPSA) is 35.5 Å². The van der Waals surface area contributed by atoms with Crippen molar-refractivity contribution < 1.29 is 14.0 Å². The summed E-state index contributed by atoms with van der Waals surface area (Å²) in [5.74, 6) is -0.412. The van der Waals surface area contributed by atoms with Crippen LogP contribution < -0.4 is 0 Å². The van der Waals surface area contributed by atoms with Gasteiger partial charge in [0.1, 0.15) is 0 Å². The van der Waals surface area contributed by atoms with Crippen LogP contribution in [-0.2, 0) is 14.0 Å². The third kappa shape index (κ3) is 3.90. The van der Waals surface area contributed by atoms with Gasteiger partial charge >= 0.3 is 5.97 Å². The number of carbonyl (C=O) groups is 1. The average Bonchev–Trinajstić information content (AvgIpc) is 2.12. The first-order valence-electron chi connectivity index (χ1n) is 5.78. The monoisotopic (exact) mass is 246 g/mol. The standard InChI is InChI=1S/C12H26O3Si/c1-9(11(13)14-6)10(2)15-16(7,8)12(3,4)5/h9-10H,1-8H3/t9-,10+/m0/s1. The number of hydrogen-bond donors (Lipinski definition) is 0. The van der Waals surface area contributed by atoms with Gasteiger partial charge in [-0.25, -0.2) is 0 Å². The number of methoxy groups -OCH3 is 1. The fraction of sp³-hybridized carbons (Fsp3) is 0.917. The van der Waals surface area contributed by atoms with Gasteiger partial charge in [0.25, 0.3) is 0 Å². The van der Waals surface area contributed by atoms with Gasteiger partial charge in [-0.3, -0.25) is 4.79 Å². The fourth-order valence-electron chi connectivity index (χ4n) is 1.12. The third-order valence-electron chi connectivity index (χ3n) is 3.56. The van der Waals surface area contributed by atoms with Gasteiger partial charge in [0.2, 0.25) is 0 Å². The van der Waals surface area contributed by atoms with E-state index < -0.39 is 8.32 Å². The second-order valence-corrected chi connectivity index (χ2v) is 10.7. The molecular formula is C12H26O3Si. The highest BCUT2D eigenvalue weighted by atomic mass is 28.4. The smallest absolute Gasteiger partial charge is 0.310 e. The quantitative estimate of drug-likeness (QED) is 0.564. The van der Waals surface area contributed by atoms with E-state index in [-0.39, 0.29) is 23.0 Å². The van der Waals surface area contributed by atoms with Gasteiger partial charge in [0.05, 0.1) is 19.1 Å². The molecule has 0 aromatic heterocycles. The van der Waals surface area contributed by atoms with E-state index >= 15 is 0 Å². The first-order chi connectivity index (χ1) is 7.03. The highest BCUT2D eigenvalue weighted by molar-refractivity contribution is 6.74. The number of esters is 1. The van der Waals surface area contributed by atoms with Gasteiger partial charge in [0.15, 0.2) is 8.32 Å². The van der Waals surface area contributed by atoms with Crippen LogP contribution in [0, 0.1) is 5.92 Å². The van der Waals surface area contributed by atoms with Crippen LogP contribution in [0.15, 0.2) is 0 Å². The van der Waals surface area contributed by atoms with Crippen molar-refractivity contribution in [3.05, 3.63) is 0 Å². The minimum atomic E-state index is -1.80. The number of hydrogen-bond acceptors (Lipinski definition) is 3. The summed E-state index contributed by atoms with van der Waals surface area (Å²) in [7, 11) is -0.383. The molecule has 0 aliphatic heterocycles. The lowest BCUT2D eigenvalue weighted by Gasteiger charge is -2.39. The maximum atomic E-state index is 11.4. The van der Waals surface area contributed by atoms with Crippen molar-refractivity contribution in [2.75, 3.05) is 7.11 Å². The Morgan fingerprint density at radius 1 is 1.19 bits per heavy atom. The predicted molar refractivity (Wildman–Crippen MR) is 68.9 cm³/mol. The summed E-state index contributed by atoms with van der Waals surface area (Å²) in [6.45, 7) is 14.7. The van der Waals surface area contributed by atoms with E-state index in [9.17, 15) is 4.79 Å². The molecule has 0 spiro atoms. The first kappa shape index (κ1) is 15.6. The highest BCUT2D eigenvalue weighted by Gasteiger charge is 2.40. The Balaban J connectivity index is 4.56. The molecule has 0 aliphatic carbocycles. The molecule has 3 nitrogen and oxygen atoms in total.